The quantitative estimate of drug-likeness (QED) is 0.539. The van der Waals surface area contributed by atoms with Crippen LogP contribution in [0, 0.1) is 18.3 Å². The van der Waals surface area contributed by atoms with E-state index in [1.54, 1.807) is 37.5 Å². The summed E-state index contributed by atoms with van der Waals surface area (Å²) in [5.41, 5.74) is 3.43. The highest BCUT2D eigenvalue weighted by molar-refractivity contribution is 6.09. The molecule has 1 amide bonds. The molecular weight excluding hydrogens is 352 g/mol. The van der Waals surface area contributed by atoms with Gasteiger partial charge in [0.2, 0.25) is 0 Å². The molecular formula is C23H26N2O3. The van der Waals surface area contributed by atoms with E-state index in [2.05, 4.69) is 19.2 Å². The summed E-state index contributed by atoms with van der Waals surface area (Å²) in [5.74, 6) is 1.34. The Morgan fingerprint density at radius 1 is 1.25 bits per heavy atom. The number of ether oxygens (including phenoxy) is 2. The zero-order valence-corrected chi connectivity index (χ0v) is 17.0. The molecule has 28 heavy (non-hydrogen) atoms. The highest BCUT2D eigenvalue weighted by Gasteiger charge is 2.14. The molecule has 2 aromatic carbocycles. The molecule has 0 aliphatic rings. The van der Waals surface area contributed by atoms with Crippen molar-refractivity contribution in [1.29, 1.82) is 5.26 Å². The average Bonchev–Trinajstić information content (AvgIpc) is 2.68. The van der Waals surface area contributed by atoms with Crippen molar-refractivity contribution >= 4 is 17.7 Å². The second kappa shape index (κ2) is 9.61. The van der Waals surface area contributed by atoms with Crippen LogP contribution >= 0.6 is 0 Å². The van der Waals surface area contributed by atoms with Crippen molar-refractivity contribution in [1.82, 2.24) is 0 Å². The van der Waals surface area contributed by atoms with E-state index in [-0.39, 0.29) is 11.5 Å². The first-order valence-corrected chi connectivity index (χ1v) is 9.24. The van der Waals surface area contributed by atoms with E-state index in [0.717, 1.165) is 28.2 Å². The number of nitriles is 1. The van der Waals surface area contributed by atoms with Crippen LogP contribution in [0.3, 0.4) is 0 Å². The van der Waals surface area contributed by atoms with Crippen LogP contribution in [0.15, 0.2) is 42.0 Å². The van der Waals surface area contributed by atoms with Crippen LogP contribution in [0.5, 0.6) is 11.5 Å². The van der Waals surface area contributed by atoms with Gasteiger partial charge in [0, 0.05) is 5.69 Å². The third kappa shape index (κ3) is 5.14. The van der Waals surface area contributed by atoms with Gasteiger partial charge in [0.15, 0.2) is 0 Å². The minimum absolute atomic E-state index is 0.0388. The average molecular weight is 378 g/mol. The first-order chi connectivity index (χ1) is 13.4. The fourth-order valence-electron chi connectivity index (χ4n) is 2.80. The molecule has 0 fully saturated rings. The lowest BCUT2D eigenvalue weighted by Crippen LogP contribution is -2.13. The van der Waals surface area contributed by atoms with Crippen molar-refractivity contribution in [2.75, 3.05) is 19.0 Å². The van der Waals surface area contributed by atoms with Gasteiger partial charge >= 0.3 is 0 Å². The lowest BCUT2D eigenvalue weighted by Gasteiger charge is -2.15. The number of hydrogen-bond acceptors (Lipinski definition) is 4. The van der Waals surface area contributed by atoms with Crippen molar-refractivity contribution in [2.45, 2.75) is 33.6 Å². The van der Waals surface area contributed by atoms with Gasteiger partial charge in [-0.05, 0) is 78.9 Å². The second-order valence-electron chi connectivity index (χ2n) is 6.69. The van der Waals surface area contributed by atoms with Crippen molar-refractivity contribution in [3.05, 3.63) is 58.7 Å². The number of carbonyl (C=O) groups is 1. The number of anilines is 1. The van der Waals surface area contributed by atoms with Crippen molar-refractivity contribution < 1.29 is 14.3 Å². The Balaban J connectivity index is 2.29. The van der Waals surface area contributed by atoms with E-state index >= 15 is 0 Å². The summed E-state index contributed by atoms with van der Waals surface area (Å²) in [7, 11) is 1.64. The summed E-state index contributed by atoms with van der Waals surface area (Å²) in [6.07, 6.45) is 1.62. The van der Waals surface area contributed by atoms with Crippen LogP contribution in [0.25, 0.3) is 6.08 Å². The van der Waals surface area contributed by atoms with E-state index in [1.165, 1.54) is 0 Å². The Morgan fingerprint density at radius 2 is 1.93 bits per heavy atom. The van der Waals surface area contributed by atoms with Crippen molar-refractivity contribution in [3.8, 4) is 17.6 Å². The first kappa shape index (κ1) is 21.0. The van der Waals surface area contributed by atoms with Gasteiger partial charge in [-0.2, -0.15) is 5.26 Å². The van der Waals surface area contributed by atoms with E-state index in [9.17, 15) is 10.1 Å². The first-order valence-electron chi connectivity index (χ1n) is 9.24. The summed E-state index contributed by atoms with van der Waals surface area (Å²) in [4.78, 5) is 12.6. The van der Waals surface area contributed by atoms with Crippen LogP contribution in [0.2, 0.25) is 0 Å². The highest BCUT2D eigenvalue weighted by atomic mass is 16.5. The molecule has 0 aromatic heterocycles. The molecule has 5 nitrogen and oxygen atoms in total. The summed E-state index contributed by atoms with van der Waals surface area (Å²) in [6, 6.07) is 12.9. The predicted octanol–water partition coefficient (Wildman–Crippen LogP) is 5.07. The number of nitrogens with one attached hydrogen (secondary N) is 1. The largest absolute Gasteiger partial charge is 0.496 e. The normalized spacial score (nSPS) is 11.1. The molecule has 0 saturated carbocycles. The number of amides is 1. The van der Waals surface area contributed by atoms with Crippen LogP contribution in [0.1, 0.15) is 43.4 Å². The Hall–Kier alpha value is -3.26. The maximum Gasteiger partial charge on any atom is 0.266 e. The molecule has 0 bridgehead atoms. The molecule has 0 atom stereocenters. The number of carbonyl (C=O) groups excluding carboxylic acids is 1. The third-order valence-electron chi connectivity index (χ3n) is 4.33. The maximum absolute atomic E-state index is 12.6. The number of hydrogen-bond donors (Lipinski definition) is 1. The van der Waals surface area contributed by atoms with Gasteiger partial charge in [-0.1, -0.05) is 13.8 Å². The standard InChI is InChI=1S/C23H26N2O3/c1-6-28-20-9-7-19(8-10-20)25-23(26)18(14-24)12-17-13-21(15(2)3)22(27-5)11-16(17)4/h7-13,15H,6H2,1-5H3,(H,25,26)/b18-12-. The van der Waals surface area contributed by atoms with Crippen LogP contribution in [0.4, 0.5) is 5.69 Å². The lowest BCUT2D eigenvalue weighted by atomic mass is 9.95. The van der Waals surface area contributed by atoms with Gasteiger partial charge in [-0.25, -0.2) is 0 Å². The van der Waals surface area contributed by atoms with Gasteiger partial charge < -0.3 is 14.8 Å². The Bertz CT molecular complexity index is 907. The smallest absolute Gasteiger partial charge is 0.266 e. The molecule has 1 N–H and O–H groups in total. The molecule has 5 heteroatoms. The van der Waals surface area contributed by atoms with Crippen molar-refractivity contribution in [2.24, 2.45) is 0 Å². The molecule has 0 aliphatic carbocycles. The summed E-state index contributed by atoms with van der Waals surface area (Å²) < 4.78 is 10.8. The highest BCUT2D eigenvalue weighted by Crippen LogP contribution is 2.30. The Kier molecular flexibility index (Phi) is 7.22. The molecule has 2 aromatic rings. The van der Waals surface area contributed by atoms with Crippen molar-refractivity contribution in [3.63, 3.8) is 0 Å². The van der Waals surface area contributed by atoms with E-state index in [4.69, 9.17) is 9.47 Å². The Morgan fingerprint density at radius 3 is 2.46 bits per heavy atom. The lowest BCUT2D eigenvalue weighted by molar-refractivity contribution is -0.112. The number of benzene rings is 2. The van der Waals surface area contributed by atoms with Gasteiger partial charge in [-0.3, -0.25) is 4.79 Å². The fraction of sp³-hybridized carbons (Fsp3) is 0.304. The van der Waals surface area contributed by atoms with E-state index in [0.29, 0.717) is 12.3 Å². The second-order valence-corrected chi connectivity index (χ2v) is 6.69. The fourth-order valence-corrected chi connectivity index (χ4v) is 2.80. The zero-order valence-electron chi connectivity index (χ0n) is 17.0. The minimum atomic E-state index is -0.451. The molecule has 0 saturated heterocycles. The number of methoxy groups -OCH3 is 1. The van der Waals surface area contributed by atoms with E-state index in [1.807, 2.05) is 32.0 Å². The number of rotatable bonds is 7. The summed E-state index contributed by atoms with van der Waals surface area (Å²) >= 11 is 0. The molecule has 0 aliphatic heterocycles. The molecule has 0 heterocycles. The van der Waals surface area contributed by atoms with Gasteiger partial charge in [0.05, 0.1) is 13.7 Å². The molecule has 0 unspecified atom stereocenters. The van der Waals surface area contributed by atoms with Gasteiger partial charge in [0.25, 0.3) is 5.91 Å². The molecule has 2 rings (SSSR count). The minimum Gasteiger partial charge on any atom is -0.496 e. The van der Waals surface area contributed by atoms with Gasteiger partial charge in [0.1, 0.15) is 23.1 Å². The van der Waals surface area contributed by atoms with Gasteiger partial charge in [-0.15, -0.1) is 0 Å². The summed E-state index contributed by atoms with van der Waals surface area (Å²) in [5, 5.41) is 12.2. The third-order valence-corrected chi connectivity index (χ3v) is 4.33. The van der Waals surface area contributed by atoms with Crippen LogP contribution in [-0.4, -0.2) is 19.6 Å². The monoisotopic (exact) mass is 378 g/mol. The summed E-state index contributed by atoms with van der Waals surface area (Å²) in [6.45, 7) is 8.56. The zero-order chi connectivity index (χ0) is 20.7. The molecule has 146 valence electrons. The molecule has 0 radical (unpaired) electrons. The number of aryl methyl sites for hydroxylation is 1. The maximum atomic E-state index is 12.6. The predicted molar refractivity (Wildman–Crippen MR) is 112 cm³/mol. The number of nitrogens with zero attached hydrogens (tertiary/aromatic N) is 1. The van der Waals surface area contributed by atoms with E-state index < -0.39 is 5.91 Å². The molecule has 0 spiro atoms. The van der Waals surface area contributed by atoms with Crippen LogP contribution < -0.4 is 14.8 Å². The Labute approximate surface area is 166 Å². The topological polar surface area (TPSA) is 71.3 Å². The van der Waals surface area contributed by atoms with Crippen LogP contribution in [-0.2, 0) is 4.79 Å². The SMILES string of the molecule is CCOc1ccc(NC(=O)/C(C#N)=C\c2cc(C(C)C)c(OC)cc2C)cc1.